The molecule has 2 aliphatic heterocycles. The molecular weight excluding hydrogens is 190 g/mol. The Morgan fingerprint density at radius 3 is 3.40 bits per heavy atom. The molecule has 1 fully saturated rings. The summed E-state index contributed by atoms with van der Waals surface area (Å²) in [5.74, 6) is 1.13. The van der Waals surface area contributed by atoms with Gasteiger partial charge in [-0.05, 0) is 18.9 Å². The molecule has 3 heterocycles. The molecule has 1 N–H and O–H groups in total. The van der Waals surface area contributed by atoms with Gasteiger partial charge in [-0.3, -0.25) is 4.79 Å². The van der Waals surface area contributed by atoms with Crippen molar-refractivity contribution in [1.29, 1.82) is 0 Å². The lowest BCUT2D eigenvalue weighted by Gasteiger charge is -2.22. The number of hydrogen-bond donors (Lipinski definition) is 1. The molecule has 0 spiro atoms. The largest absolute Gasteiger partial charge is 0.350 e. The third-order valence-electron chi connectivity index (χ3n) is 3.15. The Morgan fingerprint density at radius 1 is 1.53 bits per heavy atom. The van der Waals surface area contributed by atoms with Crippen molar-refractivity contribution >= 4 is 11.7 Å². The summed E-state index contributed by atoms with van der Waals surface area (Å²) in [5.41, 5.74) is 1.12. The molecule has 0 bridgehead atoms. The second-order valence-electron chi connectivity index (χ2n) is 4.06. The standard InChI is InChI=1S/C11H13N3O/c15-11-9-4-2-6-14(9)10-8(7-13-11)3-1-5-12-10/h1,3,5,9H,2,4,6-7H2,(H,13,15)/t9-/m1/s1. The van der Waals surface area contributed by atoms with Gasteiger partial charge in [0.15, 0.2) is 0 Å². The van der Waals surface area contributed by atoms with Crippen LogP contribution in [0.4, 0.5) is 5.82 Å². The van der Waals surface area contributed by atoms with Gasteiger partial charge >= 0.3 is 0 Å². The molecular formula is C11H13N3O. The minimum atomic E-state index is 0.00106. The van der Waals surface area contributed by atoms with Crippen LogP contribution < -0.4 is 10.2 Å². The van der Waals surface area contributed by atoms with Crippen LogP contribution in [0, 0.1) is 0 Å². The van der Waals surface area contributed by atoms with Gasteiger partial charge in [0, 0.05) is 24.8 Å². The SMILES string of the molecule is O=C1NCc2cccnc2N2CCC[C@H]12. The van der Waals surface area contributed by atoms with Gasteiger partial charge in [0.05, 0.1) is 0 Å². The van der Waals surface area contributed by atoms with Gasteiger partial charge in [0.25, 0.3) is 0 Å². The minimum Gasteiger partial charge on any atom is -0.350 e. The van der Waals surface area contributed by atoms with Crippen LogP contribution in [-0.2, 0) is 11.3 Å². The Hall–Kier alpha value is -1.58. The van der Waals surface area contributed by atoms with E-state index in [-0.39, 0.29) is 11.9 Å². The first-order valence-electron chi connectivity index (χ1n) is 5.34. The smallest absolute Gasteiger partial charge is 0.243 e. The molecule has 3 rings (SSSR count). The summed E-state index contributed by atoms with van der Waals surface area (Å²) in [7, 11) is 0. The highest BCUT2D eigenvalue weighted by atomic mass is 16.2. The van der Waals surface area contributed by atoms with E-state index in [0.717, 1.165) is 30.8 Å². The number of amides is 1. The maximum absolute atomic E-state index is 11.8. The van der Waals surface area contributed by atoms with Crippen molar-refractivity contribution in [3.63, 3.8) is 0 Å². The van der Waals surface area contributed by atoms with Crippen LogP contribution in [0.25, 0.3) is 0 Å². The Morgan fingerprint density at radius 2 is 2.47 bits per heavy atom. The van der Waals surface area contributed by atoms with Gasteiger partial charge < -0.3 is 10.2 Å². The number of carbonyl (C=O) groups is 1. The van der Waals surface area contributed by atoms with Crippen LogP contribution in [0.1, 0.15) is 18.4 Å². The molecule has 0 radical (unpaired) electrons. The number of fused-ring (bicyclic) bond motifs is 3. The van der Waals surface area contributed by atoms with Crippen molar-refractivity contribution in [1.82, 2.24) is 10.3 Å². The van der Waals surface area contributed by atoms with Gasteiger partial charge in [0.2, 0.25) is 5.91 Å². The lowest BCUT2D eigenvalue weighted by atomic mass is 10.2. The summed E-state index contributed by atoms with van der Waals surface area (Å²) in [6, 6.07) is 3.95. The fraction of sp³-hybridized carbons (Fsp3) is 0.455. The van der Waals surface area contributed by atoms with E-state index in [0.29, 0.717) is 6.54 Å². The van der Waals surface area contributed by atoms with E-state index in [1.165, 1.54) is 0 Å². The monoisotopic (exact) mass is 203 g/mol. The highest BCUT2D eigenvalue weighted by Gasteiger charge is 2.34. The van der Waals surface area contributed by atoms with Crippen molar-refractivity contribution in [3.05, 3.63) is 23.9 Å². The Balaban J connectivity index is 2.08. The highest BCUT2D eigenvalue weighted by Crippen LogP contribution is 2.28. The molecule has 0 aliphatic carbocycles. The number of nitrogens with one attached hydrogen (secondary N) is 1. The molecule has 1 aromatic heterocycles. The highest BCUT2D eigenvalue weighted by molar-refractivity contribution is 5.87. The number of hydrogen-bond acceptors (Lipinski definition) is 3. The summed E-state index contributed by atoms with van der Waals surface area (Å²) in [4.78, 5) is 18.3. The van der Waals surface area contributed by atoms with E-state index in [1.54, 1.807) is 6.20 Å². The first kappa shape index (κ1) is 8.71. The van der Waals surface area contributed by atoms with E-state index in [2.05, 4.69) is 15.2 Å². The normalized spacial score (nSPS) is 24.1. The molecule has 78 valence electrons. The van der Waals surface area contributed by atoms with Crippen molar-refractivity contribution in [2.24, 2.45) is 0 Å². The van der Waals surface area contributed by atoms with Crippen LogP contribution in [0.5, 0.6) is 0 Å². The Bertz CT molecular complexity index is 405. The summed E-state index contributed by atoms with van der Waals surface area (Å²) >= 11 is 0. The van der Waals surface area contributed by atoms with Crippen LogP contribution in [0.2, 0.25) is 0 Å². The molecule has 0 saturated carbocycles. The van der Waals surface area contributed by atoms with E-state index in [1.807, 2.05) is 12.1 Å². The molecule has 1 amide bonds. The fourth-order valence-electron chi connectivity index (χ4n) is 2.42. The van der Waals surface area contributed by atoms with E-state index >= 15 is 0 Å². The quantitative estimate of drug-likeness (QED) is 0.674. The van der Waals surface area contributed by atoms with Gasteiger partial charge in [-0.2, -0.15) is 0 Å². The van der Waals surface area contributed by atoms with Crippen LogP contribution in [-0.4, -0.2) is 23.5 Å². The molecule has 4 nitrogen and oxygen atoms in total. The zero-order chi connectivity index (χ0) is 10.3. The molecule has 2 aliphatic rings. The molecule has 1 saturated heterocycles. The zero-order valence-electron chi connectivity index (χ0n) is 8.44. The molecule has 4 heteroatoms. The Kier molecular flexibility index (Phi) is 1.87. The first-order valence-corrected chi connectivity index (χ1v) is 5.34. The average Bonchev–Trinajstić information content (AvgIpc) is 2.71. The van der Waals surface area contributed by atoms with Crippen LogP contribution >= 0.6 is 0 Å². The van der Waals surface area contributed by atoms with Gasteiger partial charge in [-0.25, -0.2) is 4.98 Å². The summed E-state index contributed by atoms with van der Waals surface area (Å²) in [5, 5.41) is 2.95. The van der Waals surface area contributed by atoms with E-state index in [4.69, 9.17) is 0 Å². The summed E-state index contributed by atoms with van der Waals surface area (Å²) in [6.45, 7) is 1.55. The minimum absolute atomic E-state index is 0.00106. The second-order valence-corrected chi connectivity index (χ2v) is 4.06. The summed E-state index contributed by atoms with van der Waals surface area (Å²) < 4.78 is 0. The van der Waals surface area contributed by atoms with Crippen molar-refractivity contribution in [2.75, 3.05) is 11.4 Å². The van der Waals surface area contributed by atoms with Gasteiger partial charge in [-0.1, -0.05) is 6.07 Å². The molecule has 1 aromatic rings. The summed E-state index contributed by atoms with van der Waals surface area (Å²) in [6.07, 6.45) is 3.82. The van der Waals surface area contributed by atoms with Crippen LogP contribution in [0.3, 0.4) is 0 Å². The lowest BCUT2D eigenvalue weighted by Crippen LogP contribution is -2.40. The maximum atomic E-state index is 11.8. The van der Waals surface area contributed by atoms with Crippen molar-refractivity contribution in [2.45, 2.75) is 25.4 Å². The lowest BCUT2D eigenvalue weighted by molar-refractivity contribution is -0.122. The fourth-order valence-corrected chi connectivity index (χ4v) is 2.42. The van der Waals surface area contributed by atoms with Crippen molar-refractivity contribution < 1.29 is 4.79 Å². The first-order chi connectivity index (χ1) is 7.36. The van der Waals surface area contributed by atoms with E-state index in [9.17, 15) is 4.79 Å². The third kappa shape index (κ3) is 1.28. The third-order valence-corrected chi connectivity index (χ3v) is 3.15. The predicted octanol–water partition coefficient (Wildman–Crippen LogP) is 0.680. The van der Waals surface area contributed by atoms with Gasteiger partial charge in [-0.15, -0.1) is 0 Å². The number of aromatic nitrogens is 1. The number of nitrogens with zero attached hydrogens (tertiary/aromatic N) is 2. The Labute approximate surface area is 88.3 Å². The second kappa shape index (κ2) is 3.22. The predicted molar refractivity (Wildman–Crippen MR) is 56.5 cm³/mol. The number of anilines is 1. The topological polar surface area (TPSA) is 45.2 Å². The van der Waals surface area contributed by atoms with E-state index < -0.39 is 0 Å². The zero-order valence-corrected chi connectivity index (χ0v) is 8.44. The van der Waals surface area contributed by atoms with Crippen LogP contribution in [0.15, 0.2) is 18.3 Å². The molecule has 1 atom stereocenters. The van der Waals surface area contributed by atoms with Gasteiger partial charge in [0.1, 0.15) is 11.9 Å². The number of pyridine rings is 1. The van der Waals surface area contributed by atoms with Crippen molar-refractivity contribution in [3.8, 4) is 0 Å². The number of carbonyl (C=O) groups excluding carboxylic acids is 1. The maximum Gasteiger partial charge on any atom is 0.243 e. The molecule has 15 heavy (non-hydrogen) atoms. The molecule has 0 aromatic carbocycles. The average molecular weight is 203 g/mol. The number of rotatable bonds is 0. The molecule has 0 unspecified atom stereocenters.